The van der Waals surface area contributed by atoms with Gasteiger partial charge in [0.05, 0.1) is 16.8 Å². The summed E-state index contributed by atoms with van der Waals surface area (Å²) in [6.07, 6.45) is -3.44. The van der Waals surface area contributed by atoms with E-state index in [2.05, 4.69) is 10.3 Å². The van der Waals surface area contributed by atoms with Crippen molar-refractivity contribution in [2.24, 2.45) is 0 Å². The predicted octanol–water partition coefficient (Wildman–Crippen LogP) is 3.80. The van der Waals surface area contributed by atoms with Crippen molar-refractivity contribution in [1.29, 1.82) is 0 Å². The maximum atomic E-state index is 12.6. The molecule has 6 heteroatoms. The third-order valence-electron chi connectivity index (χ3n) is 2.96. The predicted molar refractivity (Wildman–Crippen MR) is 73.7 cm³/mol. The Kier molecular flexibility index (Phi) is 4.77. The molecule has 0 aliphatic carbocycles. The zero-order chi connectivity index (χ0) is 14.6. The summed E-state index contributed by atoms with van der Waals surface area (Å²) in [7, 11) is 0. The Morgan fingerprint density at radius 2 is 2.10 bits per heavy atom. The van der Waals surface area contributed by atoms with Gasteiger partial charge in [-0.3, -0.25) is 0 Å². The molecule has 0 unspecified atom stereocenters. The number of rotatable bonds is 5. The Labute approximate surface area is 119 Å². The van der Waals surface area contributed by atoms with Crippen LogP contribution in [0.2, 0.25) is 0 Å². The molecular weight excluding hydrogens is 285 g/mol. The van der Waals surface area contributed by atoms with Crippen LogP contribution in [0.4, 0.5) is 13.2 Å². The molecular formula is C14H15F3N2S. The first-order valence-corrected chi connectivity index (χ1v) is 7.10. The maximum Gasteiger partial charge on any atom is 0.416 e. The van der Waals surface area contributed by atoms with E-state index in [0.717, 1.165) is 24.7 Å². The van der Waals surface area contributed by atoms with Crippen LogP contribution in [-0.2, 0) is 19.1 Å². The van der Waals surface area contributed by atoms with Crippen molar-refractivity contribution in [3.63, 3.8) is 0 Å². The first-order valence-electron chi connectivity index (χ1n) is 6.22. The van der Waals surface area contributed by atoms with Gasteiger partial charge < -0.3 is 5.32 Å². The van der Waals surface area contributed by atoms with Crippen LogP contribution in [0.5, 0.6) is 0 Å². The molecule has 108 valence electrons. The second kappa shape index (κ2) is 6.37. The topological polar surface area (TPSA) is 24.9 Å². The highest BCUT2D eigenvalue weighted by Gasteiger charge is 2.30. The van der Waals surface area contributed by atoms with Crippen LogP contribution in [-0.4, -0.2) is 11.5 Å². The molecule has 0 saturated heterocycles. The van der Waals surface area contributed by atoms with Crippen molar-refractivity contribution in [3.8, 4) is 0 Å². The van der Waals surface area contributed by atoms with Crippen molar-refractivity contribution in [2.75, 3.05) is 6.54 Å². The molecule has 0 saturated carbocycles. The highest BCUT2D eigenvalue weighted by atomic mass is 32.1. The number of aryl methyl sites for hydroxylation is 1. The van der Waals surface area contributed by atoms with Gasteiger partial charge in [0.2, 0.25) is 0 Å². The molecule has 1 N–H and O–H groups in total. The fraction of sp³-hybridized carbons (Fsp3) is 0.357. The number of aromatic nitrogens is 1. The van der Waals surface area contributed by atoms with Gasteiger partial charge in [0, 0.05) is 18.0 Å². The highest BCUT2D eigenvalue weighted by Crippen LogP contribution is 2.29. The second-order valence-corrected chi connectivity index (χ2v) is 5.43. The summed E-state index contributed by atoms with van der Waals surface area (Å²) in [6.45, 7) is 3.11. The van der Waals surface area contributed by atoms with Crippen LogP contribution < -0.4 is 5.32 Å². The van der Waals surface area contributed by atoms with Gasteiger partial charge >= 0.3 is 6.18 Å². The third kappa shape index (κ3) is 4.05. The van der Waals surface area contributed by atoms with E-state index in [9.17, 15) is 13.2 Å². The van der Waals surface area contributed by atoms with E-state index in [1.165, 1.54) is 17.0 Å². The summed E-state index contributed by atoms with van der Waals surface area (Å²) >= 11 is 1.60. The van der Waals surface area contributed by atoms with Crippen molar-refractivity contribution in [2.45, 2.75) is 26.1 Å². The smallest absolute Gasteiger partial charge is 0.312 e. The minimum atomic E-state index is -4.28. The van der Waals surface area contributed by atoms with Crippen molar-refractivity contribution >= 4 is 11.3 Å². The van der Waals surface area contributed by atoms with E-state index in [1.54, 1.807) is 22.9 Å². The minimum Gasteiger partial charge on any atom is -0.312 e. The Balaban J connectivity index is 1.84. The second-order valence-electron chi connectivity index (χ2n) is 4.49. The molecule has 1 aromatic carbocycles. The largest absolute Gasteiger partial charge is 0.416 e. The number of thiazole rings is 1. The summed E-state index contributed by atoms with van der Waals surface area (Å²) in [5, 5.41) is 3.16. The van der Waals surface area contributed by atoms with Crippen molar-refractivity contribution in [1.82, 2.24) is 10.3 Å². The Morgan fingerprint density at radius 1 is 1.30 bits per heavy atom. The van der Waals surface area contributed by atoms with Crippen molar-refractivity contribution < 1.29 is 13.2 Å². The quantitative estimate of drug-likeness (QED) is 0.850. The molecule has 0 amide bonds. The number of hydrogen-bond donors (Lipinski definition) is 1. The van der Waals surface area contributed by atoms with E-state index in [-0.39, 0.29) is 0 Å². The zero-order valence-electron chi connectivity index (χ0n) is 11.0. The molecule has 1 aromatic heterocycles. The maximum absolute atomic E-state index is 12.6. The molecule has 0 radical (unpaired) electrons. The van der Waals surface area contributed by atoms with Gasteiger partial charge in [0.25, 0.3) is 0 Å². The molecule has 20 heavy (non-hydrogen) atoms. The molecule has 2 aromatic rings. The Bertz CT molecular complexity index is 564. The van der Waals surface area contributed by atoms with Crippen LogP contribution in [0.15, 0.2) is 29.8 Å². The summed E-state index contributed by atoms with van der Waals surface area (Å²) in [4.78, 5) is 5.37. The van der Waals surface area contributed by atoms with E-state index >= 15 is 0 Å². The van der Waals surface area contributed by atoms with Gasteiger partial charge in [0.15, 0.2) is 0 Å². The lowest BCUT2D eigenvalue weighted by Crippen LogP contribution is -2.17. The number of nitrogens with zero attached hydrogens (tertiary/aromatic N) is 1. The highest BCUT2D eigenvalue weighted by molar-refractivity contribution is 7.09. The van der Waals surface area contributed by atoms with Crippen LogP contribution >= 0.6 is 11.3 Å². The van der Waals surface area contributed by atoms with Gasteiger partial charge in [-0.2, -0.15) is 13.2 Å². The SMILES string of the molecule is Cc1ncsc1CCNCc1cccc(C(F)(F)F)c1. The number of hydrogen-bond acceptors (Lipinski definition) is 3. The monoisotopic (exact) mass is 300 g/mol. The summed E-state index contributed by atoms with van der Waals surface area (Å²) in [5.74, 6) is 0. The molecule has 2 rings (SSSR count). The zero-order valence-corrected chi connectivity index (χ0v) is 11.8. The molecule has 0 aliphatic rings. The number of nitrogens with one attached hydrogen (secondary N) is 1. The van der Waals surface area contributed by atoms with E-state index in [0.29, 0.717) is 12.1 Å². The first kappa shape index (κ1) is 15.0. The van der Waals surface area contributed by atoms with Crippen LogP contribution in [0, 0.1) is 6.92 Å². The van der Waals surface area contributed by atoms with Crippen LogP contribution in [0.3, 0.4) is 0 Å². The van der Waals surface area contributed by atoms with Gasteiger partial charge in [-0.05, 0) is 25.0 Å². The van der Waals surface area contributed by atoms with E-state index < -0.39 is 11.7 Å². The molecule has 0 aliphatic heterocycles. The van der Waals surface area contributed by atoms with E-state index in [4.69, 9.17) is 0 Å². The molecule has 0 spiro atoms. The number of halogens is 3. The average Bonchev–Trinajstić information content (AvgIpc) is 2.80. The van der Waals surface area contributed by atoms with Gasteiger partial charge in [-0.15, -0.1) is 11.3 Å². The summed E-state index contributed by atoms with van der Waals surface area (Å²) < 4.78 is 37.7. The first-order chi connectivity index (χ1) is 9.47. The standard InChI is InChI=1S/C14H15F3N2S/c1-10-13(20-9-19-10)5-6-18-8-11-3-2-4-12(7-11)14(15,16)17/h2-4,7,9,18H,5-6,8H2,1H3. The lowest BCUT2D eigenvalue weighted by atomic mass is 10.1. The number of alkyl halides is 3. The fourth-order valence-corrected chi connectivity index (χ4v) is 2.64. The molecule has 0 bridgehead atoms. The number of benzene rings is 1. The summed E-state index contributed by atoms with van der Waals surface area (Å²) in [5.41, 5.74) is 2.86. The normalized spacial score (nSPS) is 11.8. The van der Waals surface area contributed by atoms with Gasteiger partial charge in [-0.25, -0.2) is 4.98 Å². The average molecular weight is 300 g/mol. The van der Waals surface area contributed by atoms with Crippen LogP contribution in [0.1, 0.15) is 21.7 Å². The van der Waals surface area contributed by atoms with Crippen molar-refractivity contribution in [3.05, 3.63) is 51.5 Å². The minimum absolute atomic E-state index is 0.432. The van der Waals surface area contributed by atoms with Gasteiger partial charge in [0.1, 0.15) is 0 Å². The van der Waals surface area contributed by atoms with Gasteiger partial charge in [-0.1, -0.05) is 18.2 Å². The lowest BCUT2D eigenvalue weighted by molar-refractivity contribution is -0.137. The Morgan fingerprint density at radius 3 is 2.75 bits per heavy atom. The molecule has 2 nitrogen and oxygen atoms in total. The van der Waals surface area contributed by atoms with E-state index in [1.807, 2.05) is 6.92 Å². The molecule has 0 atom stereocenters. The molecule has 1 heterocycles. The Hall–Kier alpha value is -1.40. The fourth-order valence-electron chi connectivity index (χ4n) is 1.86. The van der Waals surface area contributed by atoms with Crippen LogP contribution in [0.25, 0.3) is 0 Å². The molecule has 0 fully saturated rings. The summed E-state index contributed by atoms with van der Waals surface area (Å²) in [6, 6.07) is 5.41. The lowest BCUT2D eigenvalue weighted by Gasteiger charge is -2.09. The third-order valence-corrected chi connectivity index (χ3v) is 3.95.